The summed E-state index contributed by atoms with van der Waals surface area (Å²) in [6.07, 6.45) is -1.67. The van der Waals surface area contributed by atoms with E-state index in [-0.39, 0.29) is 6.61 Å². The molecule has 0 bridgehead atoms. The average molecular weight is 352 g/mol. The van der Waals surface area contributed by atoms with E-state index in [9.17, 15) is 19.5 Å². The highest BCUT2D eigenvalue weighted by Gasteiger charge is 2.29. The molecule has 0 spiro atoms. The molecule has 0 saturated carbocycles. The number of ether oxygens (including phenoxy) is 2. The molecule has 8 heteroatoms. The summed E-state index contributed by atoms with van der Waals surface area (Å²) in [5.41, 5.74) is 0.0503. The Bertz CT molecular complexity index is 597. The largest absolute Gasteiger partial charge is 0.480 e. The van der Waals surface area contributed by atoms with Crippen molar-refractivity contribution in [3.63, 3.8) is 0 Å². The van der Waals surface area contributed by atoms with E-state index in [0.717, 1.165) is 5.56 Å². The Balaban J connectivity index is 2.56. The monoisotopic (exact) mass is 352 g/mol. The predicted molar refractivity (Wildman–Crippen MR) is 90.0 cm³/mol. The first-order valence-corrected chi connectivity index (χ1v) is 7.78. The number of benzene rings is 1. The molecule has 0 aromatic heterocycles. The van der Waals surface area contributed by atoms with Crippen molar-refractivity contribution in [2.24, 2.45) is 0 Å². The molecule has 2 amide bonds. The molecular weight excluding hydrogens is 328 g/mol. The lowest BCUT2D eigenvalue weighted by atomic mass is 10.1. The number of carboxylic acid groups (broad SMARTS) is 1. The Labute approximate surface area is 146 Å². The molecule has 0 fully saturated rings. The van der Waals surface area contributed by atoms with Gasteiger partial charge in [0.25, 0.3) is 0 Å². The van der Waals surface area contributed by atoms with Gasteiger partial charge in [0, 0.05) is 0 Å². The summed E-state index contributed by atoms with van der Waals surface area (Å²) in [5, 5.41) is 13.9. The number of carbonyl (C=O) groups is 3. The van der Waals surface area contributed by atoms with Gasteiger partial charge in [0.1, 0.15) is 18.2 Å². The number of alkyl carbamates (subject to hydrolysis) is 2. The van der Waals surface area contributed by atoms with Crippen LogP contribution in [0.1, 0.15) is 33.3 Å². The number of nitrogens with one attached hydrogen (secondary N) is 2. The Kier molecular flexibility index (Phi) is 7.22. The lowest BCUT2D eigenvalue weighted by Crippen LogP contribution is -2.54. The maximum Gasteiger partial charge on any atom is 0.408 e. The summed E-state index contributed by atoms with van der Waals surface area (Å²) in [6, 6.07) is 6.69. The second kappa shape index (κ2) is 8.91. The van der Waals surface area contributed by atoms with E-state index in [2.05, 4.69) is 10.6 Å². The number of carboxylic acids is 1. The zero-order valence-electron chi connectivity index (χ0n) is 14.7. The molecule has 1 rings (SSSR count). The van der Waals surface area contributed by atoms with Gasteiger partial charge in [-0.2, -0.15) is 0 Å². The van der Waals surface area contributed by atoms with Crippen molar-refractivity contribution in [3.05, 3.63) is 35.9 Å². The van der Waals surface area contributed by atoms with E-state index in [1.54, 1.807) is 45.0 Å². The molecule has 1 aromatic rings. The standard InChI is InChI=1S/C17H24N2O6/c1-11(18-16(23)25-17(2,3)4)13(14(20)21)19-15(22)24-10-12-8-6-5-7-9-12/h5-9,11,13H,10H2,1-4H3,(H,18,23)(H,19,22)(H,20,21). The van der Waals surface area contributed by atoms with Crippen LogP contribution in [0.15, 0.2) is 30.3 Å². The lowest BCUT2D eigenvalue weighted by molar-refractivity contribution is -0.140. The molecule has 8 nitrogen and oxygen atoms in total. The molecule has 2 unspecified atom stereocenters. The smallest absolute Gasteiger partial charge is 0.408 e. The van der Waals surface area contributed by atoms with Crippen LogP contribution >= 0.6 is 0 Å². The first-order chi connectivity index (χ1) is 11.6. The number of aliphatic carboxylic acids is 1. The van der Waals surface area contributed by atoms with Gasteiger partial charge in [-0.15, -0.1) is 0 Å². The van der Waals surface area contributed by atoms with Gasteiger partial charge in [0.2, 0.25) is 0 Å². The maximum absolute atomic E-state index is 11.8. The van der Waals surface area contributed by atoms with E-state index in [1.165, 1.54) is 6.92 Å². The normalized spacial score (nSPS) is 13.3. The van der Waals surface area contributed by atoms with Gasteiger partial charge < -0.3 is 25.2 Å². The van der Waals surface area contributed by atoms with E-state index < -0.39 is 35.8 Å². The predicted octanol–water partition coefficient (Wildman–Crippen LogP) is 2.28. The molecule has 0 saturated heterocycles. The zero-order chi connectivity index (χ0) is 19.0. The molecule has 25 heavy (non-hydrogen) atoms. The maximum atomic E-state index is 11.8. The van der Waals surface area contributed by atoms with Crippen LogP contribution in [-0.2, 0) is 20.9 Å². The number of hydrogen-bond donors (Lipinski definition) is 3. The van der Waals surface area contributed by atoms with Crippen LogP contribution < -0.4 is 10.6 Å². The fourth-order valence-corrected chi connectivity index (χ4v) is 1.87. The van der Waals surface area contributed by atoms with Crippen molar-refractivity contribution in [1.82, 2.24) is 10.6 Å². The number of amides is 2. The molecule has 0 aliphatic carbocycles. The molecule has 0 radical (unpaired) electrons. The quantitative estimate of drug-likeness (QED) is 0.724. The van der Waals surface area contributed by atoms with E-state index in [4.69, 9.17) is 9.47 Å². The Morgan fingerprint density at radius 2 is 1.68 bits per heavy atom. The van der Waals surface area contributed by atoms with Gasteiger partial charge in [-0.3, -0.25) is 0 Å². The molecule has 2 atom stereocenters. The van der Waals surface area contributed by atoms with Crippen molar-refractivity contribution in [1.29, 1.82) is 0 Å². The summed E-state index contributed by atoms with van der Waals surface area (Å²) in [4.78, 5) is 34.9. The van der Waals surface area contributed by atoms with Gasteiger partial charge in [0.15, 0.2) is 0 Å². The topological polar surface area (TPSA) is 114 Å². The van der Waals surface area contributed by atoms with Gasteiger partial charge in [-0.1, -0.05) is 30.3 Å². The van der Waals surface area contributed by atoms with Crippen LogP contribution in [0.25, 0.3) is 0 Å². The first kappa shape index (κ1) is 20.3. The number of rotatable bonds is 6. The first-order valence-electron chi connectivity index (χ1n) is 7.78. The minimum atomic E-state index is -1.37. The highest BCUT2D eigenvalue weighted by molar-refractivity contribution is 5.81. The minimum absolute atomic E-state index is 0.00683. The second-order valence-electron chi connectivity index (χ2n) is 6.46. The Hall–Kier alpha value is -2.77. The summed E-state index contributed by atoms with van der Waals surface area (Å²) in [7, 11) is 0. The zero-order valence-corrected chi connectivity index (χ0v) is 14.7. The van der Waals surface area contributed by atoms with E-state index >= 15 is 0 Å². The lowest BCUT2D eigenvalue weighted by Gasteiger charge is -2.25. The highest BCUT2D eigenvalue weighted by Crippen LogP contribution is 2.07. The fraction of sp³-hybridized carbons (Fsp3) is 0.471. The van der Waals surface area contributed by atoms with Crippen molar-refractivity contribution in [2.75, 3.05) is 0 Å². The molecule has 0 aliphatic rings. The van der Waals surface area contributed by atoms with Crippen molar-refractivity contribution >= 4 is 18.2 Å². The van der Waals surface area contributed by atoms with Crippen molar-refractivity contribution in [2.45, 2.75) is 52.0 Å². The van der Waals surface area contributed by atoms with Crippen LogP contribution in [0.5, 0.6) is 0 Å². The van der Waals surface area contributed by atoms with Crippen molar-refractivity contribution in [3.8, 4) is 0 Å². The molecule has 0 heterocycles. The van der Waals surface area contributed by atoms with Gasteiger partial charge >= 0.3 is 18.2 Å². The molecule has 138 valence electrons. The average Bonchev–Trinajstić information content (AvgIpc) is 2.49. The third kappa shape index (κ3) is 8.05. The van der Waals surface area contributed by atoms with Gasteiger partial charge in [-0.05, 0) is 33.3 Å². The molecule has 0 aliphatic heterocycles. The van der Waals surface area contributed by atoms with Crippen LogP contribution in [0, 0.1) is 0 Å². The Morgan fingerprint density at radius 3 is 2.20 bits per heavy atom. The van der Waals surface area contributed by atoms with Gasteiger partial charge in [0.05, 0.1) is 6.04 Å². The van der Waals surface area contributed by atoms with E-state index in [1.807, 2.05) is 6.07 Å². The second-order valence-corrected chi connectivity index (χ2v) is 6.46. The van der Waals surface area contributed by atoms with Crippen LogP contribution in [0.2, 0.25) is 0 Å². The summed E-state index contributed by atoms with van der Waals surface area (Å²) >= 11 is 0. The summed E-state index contributed by atoms with van der Waals surface area (Å²) in [5.74, 6) is -1.31. The van der Waals surface area contributed by atoms with Crippen LogP contribution in [-0.4, -0.2) is 40.9 Å². The minimum Gasteiger partial charge on any atom is -0.480 e. The fourth-order valence-electron chi connectivity index (χ4n) is 1.87. The molecule has 1 aromatic carbocycles. The number of carbonyl (C=O) groups excluding carboxylic acids is 2. The van der Waals surface area contributed by atoms with Crippen LogP contribution in [0.3, 0.4) is 0 Å². The van der Waals surface area contributed by atoms with Gasteiger partial charge in [-0.25, -0.2) is 14.4 Å². The third-order valence-electron chi connectivity index (χ3n) is 3.00. The SMILES string of the molecule is CC(NC(=O)OC(C)(C)C)C(NC(=O)OCc1ccccc1)C(=O)O. The summed E-state index contributed by atoms with van der Waals surface area (Å²) in [6.45, 7) is 6.51. The van der Waals surface area contributed by atoms with E-state index in [0.29, 0.717) is 0 Å². The number of hydrogen-bond acceptors (Lipinski definition) is 5. The Morgan fingerprint density at radius 1 is 1.08 bits per heavy atom. The molecular formula is C17H24N2O6. The van der Waals surface area contributed by atoms with Crippen molar-refractivity contribution < 1.29 is 29.0 Å². The summed E-state index contributed by atoms with van der Waals surface area (Å²) < 4.78 is 10.0. The highest BCUT2D eigenvalue weighted by atomic mass is 16.6. The third-order valence-corrected chi connectivity index (χ3v) is 3.00. The molecule has 3 N–H and O–H groups in total. The van der Waals surface area contributed by atoms with Crippen LogP contribution in [0.4, 0.5) is 9.59 Å².